The van der Waals surface area contributed by atoms with Crippen molar-refractivity contribution in [2.45, 2.75) is 27.2 Å². The summed E-state index contributed by atoms with van der Waals surface area (Å²) in [7, 11) is 0. The van der Waals surface area contributed by atoms with Gasteiger partial charge in [0.25, 0.3) is 0 Å². The van der Waals surface area contributed by atoms with Crippen molar-refractivity contribution in [1.82, 2.24) is 0 Å². The van der Waals surface area contributed by atoms with Gasteiger partial charge in [-0.2, -0.15) is 0 Å². The van der Waals surface area contributed by atoms with Crippen LogP contribution in [0.3, 0.4) is 0 Å². The van der Waals surface area contributed by atoms with Crippen molar-refractivity contribution in [3.63, 3.8) is 0 Å². The molecule has 70 valence electrons. The first-order chi connectivity index (χ1) is 5.41. The Morgan fingerprint density at radius 3 is 1.33 bits per heavy atom. The summed E-state index contributed by atoms with van der Waals surface area (Å²) in [6.07, 6.45) is 2.39. The zero-order chi connectivity index (χ0) is 8.36. The molecule has 1 rings (SSSR count). The minimum atomic E-state index is 0. The fourth-order valence-corrected chi connectivity index (χ4v) is 0.589. The molecule has 2 N–H and O–H groups in total. The smallest absolute Gasteiger partial charge is 0.00774 e. The molecule has 0 atom stereocenters. The third-order valence-electron chi connectivity index (χ3n) is 1.22. The topological polar surface area (TPSA) is 26.0 Å². The molecule has 1 aromatic rings. The lowest BCUT2D eigenvalue weighted by Gasteiger charge is -1.80. The fourth-order valence-electron chi connectivity index (χ4n) is 0.589. The monoisotopic (exact) mass is 167 g/mol. The van der Waals surface area contributed by atoms with Crippen LogP contribution in [0.4, 0.5) is 0 Å². The number of benzene rings is 1. The summed E-state index contributed by atoms with van der Waals surface area (Å²) >= 11 is 0. The van der Waals surface area contributed by atoms with Gasteiger partial charge < -0.3 is 5.73 Å². The largest absolute Gasteiger partial charge is 0.330 e. The summed E-state index contributed by atoms with van der Waals surface area (Å²) in [6.45, 7) is 2.98. The highest BCUT2D eigenvalue weighted by molar-refractivity contribution is 4.99. The molecule has 0 amide bonds. The summed E-state index contributed by atoms with van der Waals surface area (Å²) in [4.78, 5) is 0. The van der Waals surface area contributed by atoms with E-state index in [2.05, 4.69) is 6.92 Å². The van der Waals surface area contributed by atoms with E-state index in [4.69, 9.17) is 5.73 Å². The van der Waals surface area contributed by atoms with Crippen LogP contribution >= 0.6 is 0 Å². The van der Waals surface area contributed by atoms with Crippen molar-refractivity contribution in [3.05, 3.63) is 36.4 Å². The van der Waals surface area contributed by atoms with Crippen LogP contribution in [-0.2, 0) is 0 Å². The summed E-state index contributed by atoms with van der Waals surface area (Å²) in [5.74, 6) is 0. The second-order valence-electron chi connectivity index (χ2n) is 2.30. The second-order valence-corrected chi connectivity index (χ2v) is 2.30. The predicted molar refractivity (Wildman–Crippen MR) is 57.1 cm³/mol. The summed E-state index contributed by atoms with van der Waals surface area (Å²) in [5, 5.41) is 0. The molecule has 0 heterocycles. The van der Waals surface area contributed by atoms with Crippen LogP contribution in [0.15, 0.2) is 36.4 Å². The quantitative estimate of drug-likeness (QED) is 0.719. The molecule has 0 saturated heterocycles. The Balaban J connectivity index is 0. The second kappa shape index (κ2) is 12.8. The minimum Gasteiger partial charge on any atom is -0.330 e. The summed E-state index contributed by atoms with van der Waals surface area (Å²) in [5.41, 5.74) is 5.14. The number of nitrogens with two attached hydrogens (primary N) is 1. The van der Waals surface area contributed by atoms with E-state index in [1.165, 1.54) is 12.8 Å². The highest BCUT2D eigenvalue weighted by atomic mass is 14.5. The predicted octanol–water partition coefficient (Wildman–Crippen LogP) is 3.07. The van der Waals surface area contributed by atoms with E-state index in [-0.39, 0.29) is 7.43 Å². The van der Waals surface area contributed by atoms with Crippen molar-refractivity contribution in [1.29, 1.82) is 0 Å². The molecular weight excluding hydrogens is 146 g/mol. The van der Waals surface area contributed by atoms with E-state index < -0.39 is 0 Å². The third-order valence-corrected chi connectivity index (χ3v) is 1.22. The van der Waals surface area contributed by atoms with Crippen LogP contribution in [0, 0.1) is 0 Å². The molecule has 0 spiro atoms. The molecule has 0 radical (unpaired) electrons. The first-order valence-corrected chi connectivity index (χ1v) is 4.12. The van der Waals surface area contributed by atoms with Gasteiger partial charge >= 0.3 is 0 Å². The molecule has 0 aliphatic carbocycles. The average Bonchev–Trinajstić information content (AvgIpc) is 2.10. The van der Waals surface area contributed by atoms with Crippen LogP contribution in [0.1, 0.15) is 27.2 Å². The van der Waals surface area contributed by atoms with E-state index in [1.54, 1.807) is 0 Å². The van der Waals surface area contributed by atoms with E-state index in [9.17, 15) is 0 Å². The highest BCUT2D eigenvalue weighted by Gasteiger charge is 1.67. The summed E-state index contributed by atoms with van der Waals surface area (Å²) < 4.78 is 0. The van der Waals surface area contributed by atoms with Crippen LogP contribution in [-0.4, -0.2) is 6.54 Å². The molecule has 0 aliphatic rings. The molecule has 0 unspecified atom stereocenters. The molecule has 0 bridgehead atoms. The molecule has 1 heteroatoms. The maximum Gasteiger partial charge on any atom is -0.00774 e. The van der Waals surface area contributed by atoms with Gasteiger partial charge in [0.15, 0.2) is 0 Å². The lowest BCUT2D eigenvalue weighted by Crippen LogP contribution is -1.95. The standard InChI is InChI=1S/C6H6.C4H11N.CH4/c1-2-4-6-5-3-1;1-2-3-4-5;/h1-6H;2-5H2,1H3;1H4. The lowest BCUT2D eigenvalue weighted by atomic mass is 10.3. The van der Waals surface area contributed by atoms with Crippen LogP contribution in [0.25, 0.3) is 0 Å². The van der Waals surface area contributed by atoms with Crippen LogP contribution < -0.4 is 5.73 Å². The van der Waals surface area contributed by atoms with E-state index >= 15 is 0 Å². The Morgan fingerprint density at radius 2 is 1.25 bits per heavy atom. The Morgan fingerprint density at radius 1 is 0.917 bits per heavy atom. The van der Waals surface area contributed by atoms with E-state index in [0.717, 1.165) is 6.54 Å². The SMILES string of the molecule is C.CCCCN.c1ccccc1. The Kier molecular flexibility index (Phi) is 14.7. The van der Waals surface area contributed by atoms with Crippen LogP contribution in [0.5, 0.6) is 0 Å². The molecule has 0 fully saturated rings. The molecule has 0 aliphatic heterocycles. The maximum atomic E-state index is 5.14. The van der Waals surface area contributed by atoms with Gasteiger partial charge in [-0.1, -0.05) is 57.2 Å². The Bertz CT molecular complexity index is 108. The Hall–Kier alpha value is -0.820. The maximum absolute atomic E-state index is 5.14. The number of hydrogen-bond donors (Lipinski definition) is 1. The minimum absolute atomic E-state index is 0. The zero-order valence-electron chi connectivity index (χ0n) is 7.16. The van der Waals surface area contributed by atoms with Crippen molar-refractivity contribution in [3.8, 4) is 0 Å². The third kappa shape index (κ3) is 11.9. The highest BCUT2D eigenvalue weighted by Crippen LogP contribution is 1.79. The molecular formula is C11H21N. The number of unbranched alkanes of at least 4 members (excludes halogenated alkanes) is 1. The Labute approximate surface area is 76.6 Å². The van der Waals surface area contributed by atoms with Crippen LogP contribution in [0.2, 0.25) is 0 Å². The zero-order valence-corrected chi connectivity index (χ0v) is 7.16. The molecule has 1 nitrogen and oxygen atoms in total. The van der Waals surface area contributed by atoms with Gasteiger partial charge in [0, 0.05) is 0 Å². The molecule has 1 aromatic carbocycles. The van der Waals surface area contributed by atoms with Gasteiger partial charge in [-0.25, -0.2) is 0 Å². The van der Waals surface area contributed by atoms with Crippen molar-refractivity contribution >= 4 is 0 Å². The van der Waals surface area contributed by atoms with Gasteiger partial charge in [0.1, 0.15) is 0 Å². The molecule has 0 aromatic heterocycles. The van der Waals surface area contributed by atoms with Crippen molar-refractivity contribution in [2.24, 2.45) is 5.73 Å². The van der Waals surface area contributed by atoms with Crippen molar-refractivity contribution in [2.75, 3.05) is 6.54 Å². The normalized spacial score (nSPS) is 7.50. The first kappa shape index (κ1) is 13.7. The fraction of sp³-hybridized carbons (Fsp3) is 0.455. The number of rotatable bonds is 2. The van der Waals surface area contributed by atoms with E-state index in [1.807, 2.05) is 36.4 Å². The first-order valence-electron chi connectivity index (χ1n) is 4.12. The molecule has 0 saturated carbocycles. The average molecular weight is 167 g/mol. The lowest BCUT2D eigenvalue weighted by molar-refractivity contribution is 0.807. The van der Waals surface area contributed by atoms with Gasteiger partial charge in [0.2, 0.25) is 0 Å². The number of hydrogen-bond acceptors (Lipinski definition) is 1. The van der Waals surface area contributed by atoms with Gasteiger partial charge in [-0.15, -0.1) is 0 Å². The van der Waals surface area contributed by atoms with Gasteiger partial charge in [-0.05, 0) is 13.0 Å². The summed E-state index contributed by atoms with van der Waals surface area (Å²) in [6, 6.07) is 12.0. The molecule has 12 heavy (non-hydrogen) atoms. The van der Waals surface area contributed by atoms with Gasteiger partial charge in [0.05, 0.1) is 0 Å². The van der Waals surface area contributed by atoms with Gasteiger partial charge in [-0.3, -0.25) is 0 Å². The van der Waals surface area contributed by atoms with E-state index in [0.29, 0.717) is 0 Å². The van der Waals surface area contributed by atoms with Crippen molar-refractivity contribution < 1.29 is 0 Å².